The Morgan fingerprint density at radius 2 is 1.62 bits per heavy atom. The molecule has 3 amide bonds. The van der Waals surface area contributed by atoms with Gasteiger partial charge < -0.3 is 43.4 Å². The van der Waals surface area contributed by atoms with Gasteiger partial charge in [-0.05, 0) is 12.8 Å². The molecule has 0 saturated heterocycles. The largest absolute Gasteiger partial charge is 0.480 e. The van der Waals surface area contributed by atoms with E-state index < -0.39 is 54.8 Å². The van der Waals surface area contributed by atoms with Gasteiger partial charge in [-0.1, -0.05) is 0 Å². The average molecular weight is 375 g/mol. The summed E-state index contributed by atoms with van der Waals surface area (Å²) in [6, 6.07) is -3.99. The summed E-state index contributed by atoms with van der Waals surface area (Å²) in [5.74, 6) is -4.34. The van der Waals surface area contributed by atoms with Crippen molar-refractivity contribution < 1.29 is 29.4 Å². The van der Waals surface area contributed by atoms with Crippen molar-refractivity contribution >= 4 is 29.7 Å². The highest BCUT2D eigenvalue weighted by atomic mass is 16.4. The number of nitrogens with one attached hydrogen (secondary N) is 4. The summed E-state index contributed by atoms with van der Waals surface area (Å²) in [6.07, 6.45) is -0.275. The van der Waals surface area contributed by atoms with Gasteiger partial charge >= 0.3 is 5.97 Å². The number of aliphatic hydroxyl groups is 1. The fourth-order valence-electron chi connectivity index (χ4n) is 1.83. The van der Waals surface area contributed by atoms with Crippen LogP contribution < -0.4 is 33.2 Å². The lowest BCUT2D eigenvalue weighted by atomic mass is 10.1. The monoisotopic (exact) mass is 375 g/mol. The zero-order valence-electron chi connectivity index (χ0n) is 14.0. The molecular formula is C13H25N7O6. The minimum Gasteiger partial charge on any atom is -0.480 e. The van der Waals surface area contributed by atoms with Crippen LogP contribution >= 0.6 is 0 Å². The van der Waals surface area contributed by atoms with Crippen LogP contribution in [0.25, 0.3) is 0 Å². The first-order chi connectivity index (χ1) is 12.1. The van der Waals surface area contributed by atoms with E-state index in [9.17, 15) is 19.2 Å². The zero-order valence-corrected chi connectivity index (χ0v) is 14.0. The molecular weight excluding hydrogens is 350 g/mol. The van der Waals surface area contributed by atoms with Gasteiger partial charge in [0, 0.05) is 6.54 Å². The number of aliphatic hydroxyl groups excluding tert-OH is 1. The fourth-order valence-corrected chi connectivity index (χ4v) is 1.83. The lowest BCUT2D eigenvalue weighted by Gasteiger charge is -2.22. The number of primary amides is 1. The summed E-state index contributed by atoms with van der Waals surface area (Å²) >= 11 is 0. The predicted molar refractivity (Wildman–Crippen MR) is 89.5 cm³/mol. The topological polar surface area (TPSA) is 247 Å². The zero-order chi connectivity index (χ0) is 20.3. The number of carbonyl (C=O) groups is 4. The van der Waals surface area contributed by atoms with Crippen molar-refractivity contribution in [3.05, 3.63) is 0 Å². The summed E-state index contributed by atoms with van der Waals surface area (Å²) in [4.78, 5) is 46.1. The molecule has 13 nitrogen and oxygen atoms in total. The van der Waals surface area contributed by atoms with E-state index in [-0.39, 0.29) is 18.9 Å². The van der Waals surface area contributed by atoms with Gasteiger partial charge in [0.2, 0.25) is 17.7 Å². The number of carbonyl (C=O) groups excluding carboxylic acids is 3. The van der Waals surface area contributed by atoms with Gasteiger partial charge in [0.25, 0.3) is 0 Å². The maximum Gasteiger partial charge on any atom is 0.326 e. The minimum atomic E-state index is -1.55. The van der Waals surface area contributed by atoms with Crippen molar-refractivity contribution in [1.82, 2.24) is 16.0 Å². The molecule has 0 aliphatic carbocycles. The Bertz CT molecular complexity index is 541. The Hall–Kier alpha value is -2.93. The number of carboxylic acid groups (broad SMARTS) is 1. The fraction of sp³-hybridized carbons (Fsp3) is 0.615. The van der Waals surface area contributed by atoms with E-state index in [0.717, 1.165) is 0 Å². The molecule has 0 fully saturated rings. The summed E-state index contributed by atoms with van der Waals surface area (Å²) in [5.41, 5.74) is 15.4. The van der Waals surface area contributed by atoms with Gasteiger partial charge in [0.05, 0.1) is 13.0 Å². The van der Waals surface area contributed by atoms with Crippen LogP contribution in [0, 0.1) is 5.41 Å². The second-order valence-corrected chi connectivity index (χ2v) is 5.40. The molecule has 0 aliphatic rings. The molecule has 0 radical (unpaired) electrons. The van der Waals surface area contributed by atoms with Crippen LogP contribution in [0.5, 0.6) is 0 Å². The van der Waals surface area contributed by atoms with E-state index >= 15 is 0 Å². The number of amides is 3. The SMILES string of the molecule is N=C(N)NCCC[C@H](NC(=O)[C@@H](N)CO)C(=O)N[C@@H](CC(N)=O)C(=O)O. The maximum absolute atomic E-state index is 12.3. The van der Waals surface area contributed by atoms with Crippen molar-refractivity contribution in [2.45, 2.75) is 37.4 Å². The van der Waals surface area contributed by atoms with Gasteiger partial charge in [-0.2, -0.15) is 0 Å². The number of hydrogen-bond acceptors (Lipinski definition) is 7. The second kappa shape index (κ2) is 11.6. The van der Waals surface area contributed by atoms with E-state index in [1.807, 2.05) is 0 Å². The van der Waals surface area contributed by atoms with Gasteiger partial charge in [0.1, 0.15) is 18.1 Å². The molecule has 13 heteroatoms. The summed E-state index contributed by atoms with van der Waals surface area (Å²) in [5, 5.41) is 31.9. The highest BCUT2D eigenvalue weighted by molar-refractivity contribution is 5.93. The normalized spacial score (nSPS) is 13.8. The standard InChI is InChI=1S/C13H25N7O6/c14-6(5-21)10(23)19-7(2-1-3-18-13(16)17)11(24)20-8(12(25)26)4-9(15)22/h6-8,21H,1-5,14H2,(H2,15,22)(H,19,23)(H,20,24)(H,25,26)(H4,16,17,18)/t6-,7-,8-/m0/s1. The molecule has 0 aliphatic heterocycles. The molecule has 0 bridgehead atoms. The Kier molecular flexibility index (Phi) is 10.3. The van der Waals surface area contributed by atoms with E-state index in [1.54, 1.807) is 0 Å². The van der Waals surface area contributed by atoms with Gasteiger partial charge in [0.15, 0.2) is 5.96 Å². The van der Waals surface area contributed by atoms with Crippen molar-refractivity contribution in [1.29, 1.82) is 5.41 Å². The van der Waals surface area contributed by atoms with Gasteiger partial charge in [-0.3, -0.25) is 19.8 Å². The molecule has 0 rings (SSSR count). The molecule has 148 valence electrons. The number of rotatable bonds is 12. The van der Waals surface area contributed by atoms with Crippen LogP contribution in [0.15, 0.2) is 0 Å². The minimum absolute atomic E-state index is 0.0545. The number of carboxylic acids is 1. The van der Waals surface area contributed by atoms with Crippen LogP contribution in [0.3, 0.4) is 0 Å². The van der Waals surface area contributed by atoms with Crippen LogP contribution in [0.4, 0.5) is 0 Å². The predicted octanol–water partition coefficient (Wildman–Crippen LogP) is -4.50. The lowest BCUT2D eigenvalue weighted by Crippen LogP contribution is -2.55. The molecule has 0 unspecified atom stereocenters. The van der Waals surface area contributed by atoms with E-state index in [0.29, 0.717) is 6.42 Å². The lowest BCUT2D eigenvalue weighted by molar-refractivity contribution is -0.143. The van der Waals surface area contributed by atoms with E-state index in [2.05, 4.69) is 16.0 Å². The molecule has 0 heterocycles. The molecule has 12 N–H and O–H groups in total. The smallest absolute Gasteiger partial charge is 0.326 e. The van der Waals surface area contributed by atoms with Gasteiger partial charge in [-0.15, -0.1) is 0 Å². The van der Waals surface area contributed by atoms with Crippen LogP contribution in [-0.2, 0) is 19.2 Å². The Morgan fingerprint density at radius 3 is 2.08 bits per heavy atom. The average Bonchev–Trinajstić information content (AvgIpc) is 2.54. The van der Waals surface area contributed by atoms with E-state index in [4.69, 9.17) is 32.8 Å². The highest BCUT2D eigenvalue weighted by Gasteiger charge is 2.28. The molecule has 26 heavy (non-hydrogen) atoms. The number of guanidine groups is 1. The maximum atomic E-state index is 12.3. The first-order valence-electron chi connectivity index (χ1n) is 7.64. The quantitative estimate of drug-likeness (QED) is 0.0904. The molecule has 0 saturated carbocycles. The third-order valence-corrected chi connectivity index (χ3v) is 3.17. The molecule has 0 aromatic carbocycles. The molecule has 3 atom stereocenters. The highest BCUT2D eigenvalue weighted by Crippen LogP contribution is 2.01. The first-order valence-corrected chi connectivity index (χ1v) is 7.64. The Balaban J connectivity index is 4.99. The molecule has 0 aromatic heterocycles. The van der Waals surface area contributed by atoms with Crippen molar-refractivity contribution in [2.24, 2.45) is 17.2 Å². The number of hydrogen-bond donors (Lipinski definition) is 9. The van der Waals surface area contributed by atoms with Crippen molar-refractivity contribution in [2.75, 3.05) is 13.2 Å². The molecule has 0 spiro atoms. The van der Waals surface area contributed by atoms with Gasteiger partial charge in [-0.25, -0.2) is 4.79 Å². The number of nitrogens with two attached hydrogens (primary N) is 3. The Morgan fingerprint density at radius 1 is 1.04 bits per heavy atom. The molecule has 0 aromatic rings. The third kappa shape index (κ3) is 9.39. The summed E-state index contributed by atoms with van der Waals surface area (Å²) < 4.78 is 0. The summed E-state index contributed by atoms with van der Waals surface area (Å²) in [7, 11) is 0. The van der Waals surface area contributed by atoms with Crippen LogP contribution in [-0.4, -0.2) is 71.1 Å². The summed E-state index contributed by atoms with van der Waals surface area (Å²) in [6.45, 7) is -0.420. The third-order valence-electron chi connectivity index (χ3n) is 3.17. The number of aliphatic carboxylic acids is 1. The van der Waals surface area contributed by atoms with Crippen LogP contribution in [0.1, 0.15) is 19.3 Å². The van der Waals surface area contributed by atoms with Crippen molar-refractivity contribution in [3.63, 3.8) is 0 Å². The van der Waals surface area contributed by atoms with E-state index in [1.165, 1.54) is 0 Å². The first kappa shape index (κ1) is 23.1. The van der Waals surface area contributed by atoms with Crippen molar-refractivity contribution in [3.8, 4) is 0 Å². The van der Waals surface area contributed by atoms with Crippen LogP contribution in [0.2, 0.25) is 0 Å². The Labute approximate surface area is 149 Å². The second-order valence-electron chi connectivity index (χ2n) is 5.40.